The SMILES string of the molecule is CCN(CC)C(=O)C1=C(C)N=c2s/c(=C\c3cc(C)n(-c4cccc(C)c4)c3C)c(=O)n2[C@H]1c1ccccc1OC. The van der Waals surface area contributed by atoms with Crippen molar-refractivity contribution >= 4 is 23.3 Å². The summed E-state index contributed by atoms with van der Waals surface area (Å²) in [5.74, 6) is 0.497. The molecule has 0 fully saturated rings. The predicted octanol–water partition coefficient (Wildman–Crippen LogP) is 4.83. The maximum atomic E-state index is 14.2. The molecule has 41 heavy (non-hydrogen) atoms. The van der Waals surface area contributed by atoms with Crippen LogP contribution in [-0.4, -0.2) is 40.1 Å². The second-order valence-corrected chi connectivity index (χ2v) is 11.3. The van der Waals surface area contributed by atoms with Crippen LogP contribution in [0.5, 0.6) is 5.75 Å². The van der Waals surface area contributed by atoms with Crippen molar-refractivity contribution in [3.8, 4) is 11.4 Å². The number of allylic oxidation sites excluding steroid dienone is 1. The highest BCUT2D eigenvalue weighted by Gasteiger charge is 2.35. The Hall–Kier alpha value is -4.17. The molecule has 212 valence electrons. The third-order valence-corrected chi connectivity index (χ3v) is 8.74. The van der Waals surface area contributed by atoms with Crippen LogP contribution in [0.25, 0.3) is 11.8 Å². The van der Waals surface area contributed by atoms with Gasteiger partial charge in [0.2, 0.25) is 0 Å². The van der Waals surface area contributed by atoms with Crippen molar-refractivity contribution in [3.63, 3.8) is 0 Å². The number of hydrogen-bond donors (Lipinski definition) is 0. The molecule has 0 saturated carbocycles. The number of likely N-dealkylation sites (N-methyl/N-ethyl adjacent to an activating group) is 1. The van der Waals surface area contributed by atoms with E-state index in [1.165, 1.54) is 16.9 Å². The normalized spacial score (nSPS) is 15.1. The molecule has 1 aliphatic heterocycles. The number of aryl methyl sites for hydroxylation is 2. The number of benzene rings is 2. The number of nitrogens with zero attached hydrogens (tertiary/aromatic N) is 4. The van der Waals surface area contributed by atoms with Crippen molar-refractivity contribution in [3.05, 3.63) is 114 Å². The Morgan fingerprint density at radius 3 is 2.46 bits per heavy atom. The van der Waals surface area contributed by atoms with E-state index in [2.05, 4.69) is 55.7 Å². The fourth-order valence-electron chi connectivity index (χ4n) is 5.70. The van der Waals surface area contributed by atoms with Crippen molar-refractivity contribution in [2.45, 2.75) is 47.6 Å². The molecule has 0 bridgehead atoms. The Morgan fingerprint density at radius 2 is 1.78 bits per heavy atom. The molecule has 2 aromatic heterocycles. The zero-order chi connectivity index (χ0) is 29.4. The molecule has 0 spiro atoms. The predicted molar refractivity (Wildman–Crippen MR) is 165 cm³/mol. The quantitative estimate of drug-likeness (QED) is 0.321. The van der Waals surface area contributed by atoms with Gasteiger partial charge in [0.15, 0.2) is 4.80 Å². The first-order valence-electron chi connectivity index (χ1n) is 13.9. The van der Waals surface area contributed by atoms with Crippen LogP contribution in [0.4, 0.5) is 0 Å². The third kappa shape index (κ3) is 4.97. The molecule has 1 aliphatic rings. The summed E-state index contributed by atoms with van der Waals surface area (Å²) in [7, 11) is 1.61. The van der Waals surface area contributed by atoms with Crippen LogP contribution in [0.1, 0.15) is 54.9 Å². The number of aromatic nitrogens is 2. The van der Waals surface area contributed by atoms with E-state index in [1.807, 2.05) is 51.1 Å². The minimum Gasteiger partial charge on any atom is -0.496 e. The number of methoxy groups -OCH3 is 1. The third-order valence-electron chi connectivity index (χ3n) is 7.75. The number of rotatable bonds is 7. The lowest BCUT2D eigenvalue weighted by Gasteiger charge is -2.29. The summed E-state index contributed by atoms with van der Waals surface area (Å²) >= 11 is 1.35. The summed E-state index contributed by atoms with van der Waals surface area (Å²) < 4.78 is 10.2. The lowest BCUT2D eigenvalue weighted by atomic mass is 9.94. The molecule has 0 radical (unpaired) electrons. The van der Waals surface area contributed by atoms with Crippen LogP contribution >= 0.6 is 11.3 Å². The summed E-state index contributed by atoms with van der Waals surface area (Å²) in [6, 6.07) is 17.4. The summed E-state index contributed by atoms with van der Waals surface area (Å²) in [6.45, 7) is 13.1. The molecule has 1 atom stereocenters. The van der Waals surface area contributed by atoms with E-state index in [1.54, 1.807) is 16.6 Å². The number of fused-ring (bicyclic) bond motifs is 1. The summed E-state index contributed by atoms with van der Waals surface area (Å²) in [6.07, 6.45) is 1.95. The molecule has 0 saturated heterocycles. The first kappa shape index (κ1) is 28.4. The highest BCUT2D eigenvalue weighted by atomic mass is 32.1. The highest BCUT2D eigenvalue weighted by molar-refractivity contribution is 7.07. The molecule has 0 aliphatic carbocycles. The van der Waals surface area contributed by atoms with Gasteiger partial charge in [-0.2, -0.15) is 0 Å². The van der Waals surface area contributed by atoms with E-state index in [-0.39, 0.29) is 11.5 Å². The minimum atomic E-state index is -0.655. The van der Waals surface area contributed by atoms with Crippen molar-refractivity contribution in [2.24, 2.45) is 4.99 Å². The highest BCUT2D eigenvalue weighted by Crippen LogP contribution is 2.36. The zero-order valence-corrected chi connectivity index (χ0v) is 25.5. The van der Waals surface area contributed by atoms with Gasteiger partial charge in [0, 0.05) is 35.7 Å². The van der Waals surface area contributed by atoms with Gasteiger partial charge >= 0.3 is 0 Å². The van der Waals surface area contributed by atoms with Gasteiger partial charge in [-0.05, 0) is 83.0 Å². The minimum absolute atomic E-state index is 0.122. The van der Waals surface area contributed by atoms with Gasteiger partial charge in [0.1, 0.15) is 11.8 Å². The van der Waals surface area contributed by atoms with Crippen molar-refractivity contribution in [1.29, 1.82) is 0 Å². The van der Waals surface area contributed by atoms with E-state index in [4.69, 9.17) is 9.73 Å². The van der Waals surface area contributed by atoms with E-state index >= 15 is 0 Å². The average molecular weight is 569 g/mol. The van der Waals surface area contributed by atoms with Crippen LogP contribution in [0, 0.1) is 20.8 Å². The van der Waals surface area contributed by atoms with Gasteiger partial charge in [0.05, 0.1) is 22.9 Å². The Bertz CT molecular complexity index is 1850. The topological polar surface area (TPSA) is 68.8 Å². The van der Waals surface area contributed by atoms with Crippen molar-refractivity contribution in [1.82, 2.24) is 14.0 Å². The van der Waals surface area contributed by atoms with Crippen LogP contribution in [-0.2, 0) is 4.79 Å². The molecule has 8 heteroatoms. The Kier molecular flexibility index (Phi) is 7.87. The maximum absolute atomic E-state index is 14.2. The standard InChI is InChI=1S/C33H36N4O3S/c1-8-35(9-2)32(39)29-22(5)34-33-37(30(29)26-15-10-11-16-27(26)40-7)31(38)28(41-33)19-24-18-21(4)36(23(24)6)25-14-12-13-20(3)17-25/h10-19,30H,8-9H2,1-7H3/b28-19-/t30-/m0/s1. The van der Waals surface area contributed by atoms with Gasteiger partial charge in [-0.3, -0.25) is 14.2 Å². The summed E-state index contributed by atoms with van der Waals surface area (Å²) in [4.78, 5) is 35.2. The van der Waals surface area contributed by atoms with Crippen molar-refractivity contribution in [2.75, 3.05) is 20.2 Å². The summed E-state index contributed by atoms with van der Waals surface area (Å²) in [5, 5.41) is 0. The molecule has 1 amide bonds. The Morgan fingerprint density at radius 1 is 1.05 bits per heavy atom. The van der Waals surface area contributed by atoms with Gasteiger partial charge in [-0.25, -0.2) is 4.99 Å². The molecule has 7 nitrogen and oxygen atoms in total. The number of para-hydroxylation sites is 1. The first-order valence-corrected chi connectivity index (χ1v) is 14.7. The number of thiazole rings is 1. The number of amides is 1. The molecule has 3 heterocycles. The van der Waals surface area contributed by atoms with Crippen LogP contribution in [0.15, 0.2) is 75.7 Å². The van der Waals surface area contributed by atoms with Crippen LogP contribution in [0.2, 0.25) is 0 Å². The number of carbonyl (C=O) groups is 1. The largest absolute Gasteiger partial charge is 0.496 e. The second kappa shape index (κ2) is 11.4. The first-order chi connectivity index (χ1) is 19.7. The zero-order valence-electron chi connectivity index (χ0n) is 24.7. The van der Waals surface area contributed by atoms with Gasteiger partial charge in [0.25, 0.3) is 11.5 Å². The number of carbonyl (C=O) groups excluding carboxylic acids is 1. The number of ether oxygens (including phenoxy) is 1. The lowest BCUT2D eigenvalue weighted by Crippen LogP contribution is -2.43. The molecule has 2 aromatic carbocycles. The molecular formula is C33H36N4O3S. The summed E-state index contributed by atoms with van der Waals surface area (Å²) in [5.41, 5.74) is 7.07. The molecule has 5 rings (SSSR count). The van der Waals surface area contributed by atoms with Gasteiger partial charge in [-0.1, -0.05) is 41.7 Å². The Labute approximate surface area is 244 Å². The van der Waals surface area contributed by atoms with E-state index in [0.717, 1.165) is 28.2 Å². The molecular weight excluding hydrogens is 532 g/mol. The molecule has 0 N–H and O–H groups in total. The van der Waals surface area contributed by atoms with E-state index in [0.29, 0.717) is 39.4 Å². The fraction of sp³-hybridized carbons (Fsp3) is 0.303. The molecule has 4 aromatic rings. The van der Waals surface area contributed by atoms with E-state index < -0.39 is 6.04 Å². The van der Waals surface area contributed by atoms with Gasteiger partial charge < -0.3 is 14.2 Å². The van der Waals surface area contributed by atoms with Gasteiger partial charge in [-0.15, -0.1) is 0 Å². The monoisotopic (exact) mass is 568 g/mol. The fourth-order valence-corrected chi connectivity index (χ4v) is 6.74. The van der Waals surface area contributed by atoms with Crippen LogP contribution < -0.4 is 19.6 Å². The second-order valence-electron chi connectivity index (χ2n) is 10.3. The van der Waals surface area contributed by atoms with Crippen LogP contribution in [0.3, 0.4) is 0 Å². The average Bonchev–Trinajstić information content (AvgIpc) is 3.41. The maximum Gasteiger partial charge on any atom is 0.271 e. The van der Waals surface area contributed by atoms with Crippen molar-refractivity contribution < 1.29 is 9.53 Å². The Balaban J connectivity index is 1.73. The van der Waals surface area contributed by atoms with E-state index in [9.17, 15) is 9.59 Å². The number of hydrogen-bond acceptors (Lipinski definition) is 5. The lowest BCUT2D eigenvalue weighted by molar-refractivity contribution is -0.127. The molecule has 0 unspecified atom stereocenters. The smallest absolute Gasteiger partial charge is 0.271 e.